The van der Waals surface area contributed by atoms with Crippen molar-refractivity contribution in [2.75, 3.05) is 26.2 Å². The Balaban J connectivity index is 1.85. The molecule has 3 unspecified atom stereocenters. The minimum absolute atomic E-state index is 0.742. The molecule has 1 saturated carbocycles. The van der Waals surface area contributed by atoms with Crippen LogP contribution in [0.1, 0.15) is 59.3 Å². The number of piperidine rings is 1. The lowest BCUT2D eigenvalue weighted by Crippen LogP contribution is -2.49. The summed E-state index contributed by atoms with van der Waals surface area (Å²) in [5.41, 5.74) is 0. The number of likely N-dealkylation sites (tertiary alicyclic amines) is 1. The summed E-state index contributed by atoms with van der Waals surface area (Å²) in [6, 6.07) is 0.742. The summed E-state index contributed by atoms with van der Waals surface area (Å²) in [6.45, 7) is 12.2. The molecule has 0 aromatic rings. The summed E-state index contributed by atoms with van der Waals surface area (Å²) < 4.78 is 0. The quantitative estimate of drug-likeness (QED) is 0.819. The highest BCUT2D eigenvalue weighted by Crippen LogP contribution is 2.28. The third-order valence-corrected chi connectivity index (χ3v) is 5.56. The fourth-order valence-electron chi connectivity index (χ4n) is 3.97. The molecule has 1 saturated heterocycles. The monoisotopic (exact) mass is 266 g/mol. The maximum atomic E-state index is 3.78. The van der Waals surface area contributed by atoms with E-state index >= 15 is 0 Å². The zero-order valence-electron chi connectivity index (χ0n) is 13.3. The van der Waals surface area contributed by atoms with Gasteiger partial charge in [-0.3, -0.25) is 0 Å². The highest BCUT2D eigenvalue weighted by molar-refractivity contribution is 4.84. The van der Waals surface area contributed by atoms with E-state index in [2.05, 4.69) is 31.0 Å². The lowest BCUT2D eigenvalue weighted by Gasteiger charge is -2.40. The van der Waals surface area contributed by atoms with E-state index in [1.165, 1.54) is 58.2 Å². The van der Waals surface area contributed by atoms with Crippen molar-refractivity contribution in [1.29, 1.82) is 0 Å². The van der Waals surface area contributed by atoms with Gasteiger partial charge in [0.05, 0.1) is 0 Å². The number of hydrogen-bond acceptors (Lipinski definition) is 2. The Morgan fingerprint density at radius 3 is 2.42 bits per heavy atom. The van der Waals surface area contributed by atoms with Crippen LogP contribution >= 0.6 is 0 Å². The Hall–Kier alpha value is -0.0800. The molecule has 0 aromatic carbocycles. The summed E-state index contributed by atoms with van der Waals surface area (Å²) >= 11 is 0. The smallest absolute Gasteiger partial charge is 0.0223 e. The predicted molar refractivity (Wildman–Crippen MR) is 83.4 cm³/mol. The Morgan fingerprint density at radius 2 is 1.79 bits per heavy atom. The molecule has 2 aliphatic rings. The van der Waals surface area contributed by atoms with Crippen molar-refractivity contribution >= 4 is 0 Å². The maximum Gasteiger partial charge on any atom is 0.0223 e. The molecule has 0 spiro atoms. The third-order valence-electron chi connectivity index (χ3n) is 5.56. The topological polar surface area (TPSA) is 15.3 Å². The molecule has 1 aliphatic carbocycles. The van der Waals surface area contributed by atoms with Crippen molar-refractivity contribution in [3.63, 3.8) is 0 Å². The van der Waals surface area contributed by atoms with Gasteiger partial charge in [0.15, 0.2) is 0 Å². The summed E-state index contributed by atoms with van der Waals surface area (Å²) in [5.74, 6) is 2.73. The van der Waals surface area contributed by atoms with Crippen LogP contribution in [0.2, 0.25) is 0 Å². The number of likely N-dealkylation sites (N-methyl/N-ethyl adjacent to an activating group) is 1. The van der Waals surface area contributed by atoms with E-state index < -0.39 is 0 Å². The summed E-state index contributed by atoms with van der Waals surface area (Å²) in [7, 11) is 0. The standard InChI is InChI=1S/C17H34N2/c1-4-18-17(16-8-6-5-7-9-16)13-19-11-10-14(2)15(3)12-19/h14-18H,4-13H2,1-3H3. The second-order valence-electron chi connectivity index (χ2n) is 7.07. The molecule has 0 radical (unpaired) electrons. The normalized spacial score (nSPS) is 32.4. The number of rotatable bonds is 5. The van der Waals surface area contributed by atoms with Crippen LogP contribution in [-0.4, -0.2) is 37.1 Å². The van der Waals surface area contributed by atoms with Gasteiger partial charge in [0.25, 0.3) is 0 Å². The van der Waals surface area contributed by atoms with Crippen LogP contribution in [0.15, 0.2) is 0 Å². The molecule has 2 rings (SSSR count). The SMILES string of the molecule is CCNC(CN1CCC(C)C(C)C1)C1CCCCC1. The second-order valence-corrected chi connectivity index (χ2v) is 7.07. The fourth-order valence-corrected chi connectivity index (χ4v) is 3.97. The van der Waals surface area contributed by atoms with Gasteiger partial charge in [-0.25, -0.2) is 0 Å². The van der Waals surface area contributed by atoms with Gasteiger partial charge < -0.3 is 10.2 Å². The van der Waals surface area contributed by atoms with E-state index in [0.717, 1.165) is 30.3 Å². The van der Waals surface area contributed by atoms with Crippen LogP contribution in [0.4, 0.5) is 0 Å². The van der Waals surface area contributed by atoms with Gasteiger partial charge in [-0.1, -0.05) is 40.0 Å². The Morgan fingerprint density at radius 1 is 1.05 bits per heavy atom. The van der Waals surface area contributed by atoms with E-state index in [0.29, 0.717) is 0 Å². The Kier molecular flexibility index (Phi) is 6.15. The van der Waals surface area contributed by atoms with Crippen LogP contribution < -0.4 is 5.32 Å². The first kappa shape index (κ1) is 15.3. The first-order chi connectivity index (χ1) is 9.20. The largest absolute Gasteiger partial charge is 0.313 e. The van der Waals surface area contributed by atoms with Gasteiger partial charge in [-0.2, -0.15) is 0 Å². The van der Waals surface area contributed by atoms with Crippen molar-refractivity contribution in [3.8, 4) is 0 Å². The van der Waals surface area contributed by atoms with Crippen LogP contribution in [0, 0.1) is 17.8 Å². The Labute approximate surface area is 120 Å². The van der Waals surface area contributed by atoms with Gasteiger partial charge >= 0.3 is 0 Å². The molecule has 112 valence electrons. The highest BCUT2D eigenvalue weighted by Gasteiger charge is 2.28. The van der Waals surface area contributed by atoms with Crippen molar-refractivity contribution in [2.24, 2.45) is 17.8 Å². The van der Waals surface area contributed by atoms with Crippen LogP contribution in [-0.2, 0) is 0 Å². The maximum absolute atomic E-state index is 3.78. The summed E-state index contributed by atoms with van der Waals surface area (Å²) in [5, 5.41) is 3.78. The molecule has 0 amide bonds. The lowest BCUT2D eigenvalue weighted by atomic mass is 9.82. The highest BCUT2D eigenvalue weighted by atomic mass is 15.2. The first-order valence-electron chi connectivity index (χ1n) is 8.66. The molecular formula is C17H34N2. The van der Waals surface area contributed by atoms with Gasteiger partial charge in [0.1, 0.15) is 0 Å². The van der Waals surface area contributed by atoms with Crippen molar-refractivity contribution in [2.45, 2.75) is 65.3 Å². The van der Waals surface area contributed by atoms with Gasteiger partial charge in [0.2, 0.25) is 0 Å². The molecule has 2 heteroatoms. The average molecular weight is 266 g/mol. The van der Waals surface area contributed by atoms with Crippen molar-refractivity contribution < 1.29 is 0 Å². The van der Waals surface area contributed by atoms with E-state index in [1.54, 1.807) is 0 Å². The molecule has 1 N–H and O–H groups in total. The minimum atomic E-state index is 0.742. The molecule has 3 atom stereocenters. The molecule has 1 heterocycles. The van der Waals surface area contributed by atoms with Crippen molar-refractivity contribution in [3.05, 3.63) is 0 Å². The third kappa shape index (κ3) is 4.46. The molecule has 2 nitrogen and oxygen atoms in total. The molecule has 0 bridgehead atoms. The zero-order valence-corrected chi connectivity index (χ0v) is 13.3. The van der Waals surface area contributed by atoms with Gasteiger partial charge in [-0.15, -0.1) is 0 Å². The molecule has 0 aromatic heterocycles. The van der Waals surface area contributed by atoms with Crippen LogP contribution in [0.3, 0.4) is 0 Å². The molecule has 2 fully saturated rings. The fraction of sp³-hybridized carbons (Fsp3) is 1.00. The molecule has 19 heavy (non-hydrogen) atoms. The Bertz CT molecular complexity index is 248. The zero-order chi connectivity index (χ0) is 13.7. The average Bonchev–Trinajstić information content (AvgIpc) is 2.43. The van der Waals surface area contributed by atoms with E-state index in [-0.39, 0.29) is 0 Å². The van der Waals surface area contributed by atoms with E-state index in [9.17, 15) is 0 Å². The van der Waals surface area contributed by atoms with Crippen molar-refractivity contribution in [1.82, 2.24) is 10.2 Å². The lowest BCUT2D eigenvalue weighted by molar-refractivity contribution is 0.109. The second kappa shape index (κ2) is 7.64. The number of hydrogen-bond donors (Lipinski definition) is 1. The van der Waals surface area contributed by atoms with Crippen LogP contribution in [0.5, 0.6) is 0 Å². The number of nitrogens with zero attached hydrogens (tertiary/aromatic N) is 1. The summed E-state index contributed by atoms with van der Waals surface area (Å²) in [4.78, 5) is 2.73. The summed E-state index contributed by atoms with van der Waals surface area (Å²) in [6.07, 6.45) is 8.69. The molecular weight excluding hydrogens is 232 g/mol. The van der Waals surface area contributed by atoms with E-state index in [1.807, 2.05) is 0 Å². The van der Waals surface area contributed by atoms with Gasteiger partial charge in [0, 0.05) is 19.1 Å². The van der Waals surface area contributed by atoms with Gasteiger partial charge in [-0.05, 0) is 50.1 Å². The predicted octanol–water partition coefficient (Wildman–Crippen LogP) is 3.52. The van der Waals surface area contributed by atoms with Crippen LogP contribution in [0.25, 0.3) is 0 Å². The van der Waals surface area contributed by atoms with E-state index in [4.69, 9.17) is 0 Å². The minimum Gasteiger partial charge on any atom is -0.313 e. The molecule has 1 aliphatic heterocycles. The first-order valence-corrected chi connectivity index (χ1v) is 8.66. The number of nitrogens with one attached hydrogen (secondary N) is 1.